The first kappa shape index (κ1) is 17.7. The van der Waals surface area contributed by atoms with Crippen LogP contribution in [0.4, 0.5) is 0 Å². The van der Waals surface area contributed by atoms with E-state index in [-0.39, 0.29) is 18.2 Å². The molecule has 1 unspecified atom stereocenters. The number of hydrogen-bond acceptors (Lipinski definition) is 4. The van der Waals surface area contributed by atoms with Crippen LogP contribution in [0.5, 0.6) is 0 Å². The molecule has 0 spiro atoms. The molecule has 21 heavy (non-hydrogen) atoms. The number of carboxylic acid groups (broad SMARTS) is 1. The van der Waals surface area contributed by atoms with Crippen LogP contribution in [0.25, 0.3) is 0 Å². The lowest BCUT2D eigenvalue weighted by atomic mass is 9.97. The molecule has 0 radical (unpaired) electrons. The van der Waals surface area contributed by atoms with Crippen molar-refractivity contribution in [2.24, 2.45) is 5.92 Å². The molecular weight excluding hydrogens is 272 g/mol. The summed E-state index contributed by atoms with van der Waals surface area (Å²) in [6.07, 6.45) is 9.36. The first-order chi connectivity index (χ1) is 10.1. The van der Waals surface area contributed by atoms with Crippen molar-refractivity contribution in [3.8, 4) is 0 Å². The van der Waals surface area contributed by atoms with Gasteiger partial charge in [-0.1, -0.05) is 38.5 Å². The highest BCUT2D eigenvalue weighted by molar-refractivity contribution is 5.99. The first-order valence-electron chi connectivity index (χ1n) is 8.02. The fourth-order valence-corrected chi connectivity index (χ4v) is 2.60. The second-order valence-corrected chi connectivity index (χ2v) is 5.70. The van der Waals surface area contributed by atoms with E-state index < -0.39 is 11.9 Å². The van der Waals surface area contributed by atoms with Gasteiger partial charge in [0.25, 0.3) is 0 Å². The zero-order chi connectivity index (χ0) is 15.5. The van der Waals surface area contributed by atoms with Gasteiger partial charge < -0.3 is 9.84 Å². The highest BCUT2D eigenvalue weighted by Gasteiger charge is 2.32. The van der Waals surface area contributed by atoms with Gasteiger partial charge in [-0.05, 0) is 12.8 Å². The zero-order valence-corrected chi connectivity index (χ0v) is 12.6. The molecule has 0 aromatic rings. The monoisotopic (exact) mass is 298 g/mol. The Morgan fingerprint density at radius 3 is 1.95 bits per heavy atom. The van der Waals surface area contributed by atoms with Gasteiger partial charge in [-0.3, -0.25) is 14.4 Å². The van der Waals surface area contributed by atoms with Crippen molar-refractivity contribution in [1.29, 1.82) is 0 Å². The molecule has 120 valence electrons. The summed E-state index contributed by atoms with van der Waals surface area (Å²) in [7, 11) is 0. The standard InChI is InChI=1S/C16H26O5/c17-14(13-11-12-21-16(13)20)9-7-5-3-1-2-4-6-8-10-15(18)19/h13H,1-12H2,(H,18,19). The predicted molar refractivity (Wildman–Crippen MR) is 77.9 cm³/mol. The lowest BCUT2D eigenvalue weighted by molar-refractivity contribution is -0.144. The molecule has 0 aromatic heterocycles. The van der Waals surface area contributed by atoms with E-state index in [0.29, 0.717) is 19.4 Å². The summed E-state index contributed by atoms with van der Waals surface area (Å²) in [4.78, 5) is 33.3. The van der Waals surface area contributed by atoms with Crippen LogP contribution in [-0.2, 0) is 19.1 Å². The van der Waals surface area contributed by atoms with Gasteiger partial charge in [-0.2, -0.15) is 0 Å². The van der Waals surface area contributed by atoms with Crippen LogP contribution in [-0.4, -0.2) is 29.4 Å². The number of carbonyl (C=O) groups is 3. The molecule has 1 fully saturated rings. The van der Waals surface area contributed by atoms with Gasteiger partial charge in [0, 0.05) is 19.3 Å². The number of ketones is 1. The Morgan fingerprint density at radius 1 is 0.952 bits per heavy atom. The highest BCUT2D eigenvalue weighted by atomic mass is 16.5. The van der Waals surface area contributed by atoms with Gasteiger partial charge >= 0.3 is 11.9 Å². The molecule has 1 aliphatic heterocycles. The van der Waals surface area contributed by atoms with E-state index in [9.17, 15) is 14.4 Å². The number of hydrogen-bond donors (Lipinski definition) is 1. The van der Waals surface area contributed by atoms with Crippen molar-refractivity contribution in [3.05, 3.63) is 0 Å². The van der Waals surface area contributed by atoms with E-state index in [0.717, 1.165) is 51.4 Å². The third-order valence-corrected chi connectivity index (χ3v) is 3.89. The molecule has 1 rings (SSSR count). The van der Waals surface area contributed by atoms with Crippen molar-refractivity contribution in [2.75, 3.05) is 6.61 Å². The summed E-state index contributed by atoms with van der Waals surface area (Å²) < 4.78 is 4.80. The summed E-state index contributed by atoms with van der Waals surface area (Å²) in [5.74, 6) is -1.53. The lowest BCUT2D eigenvalue weighted by Crippen LogP contribution is -2.18. The molecule has 0 bridgehead atoms. The summed E-state index contributed by atoms with van der Waals surface area (Å²) >= 11 is 0. The number of rotatable bonds is 12. The number of esters is 1. The molecule has 5 nitrogen and oxygen atoms in total. The normalized spacial score (nSPS) is 17.7. The maximum atomic E-state index is 11.8. The van der Waals surface area contributed by atoms with Crippen molar-refractivity contribution >= 4 is 17.7 Å². The smallest absolute Gasteiger partial charge is 0.316 e. The van der Waals surface area contributed by atoms with Gasteiger partial charge in [-0.15, -0.1) is 0 Å². The largest absolute Gasteiger partial charge is 0.481 e. The third-order valence-electron chi connectivity index (χ3n) is 3.89. The molecule has 5 heteroatoms. The van der Waals surface area contributed by atoms with Gasteiger partial charge in [-0.25, -0.2) is 0 Å². The van der Waals surface area contributed by atoms with Crippen molar-refractivity contribution in [1.82, 2.24) is 0 Å². The number of unbranched alkanes of at least 4 members (excludes halogenated alkanes) is 7. The minimum absolute atomic E-state index is 0.0335. The van der Waals surface area contributed by atoms with Crippen LogP contribution < -0.4 is 0 Å². The van der Waals surface area contributed by atoms with Gasteiger partial charge in [0.1, 0.15) is 11.7 Å². The molecule has 1 atom stereocenters. The average Bonchev–Trinajstić information content (AvgIpc) is 2.86. The van der Waals surface area contributed by atoms with E-state index in [1.54, 1.807) is 0 Å². The van der Waals surface area contributed by atoms with E-state index >= 15 is 0 Å². The van der Waals surface area contributed by atoms with E-state index in [2.05, 4.69) is 0 Å². The van der Waals surface area contributed by atoms with Crippen molar-refractivity contribution in [3.63, 3.8) is 0 Å². The molecule has 0 amide bonds. The number of Topliss-reactive ketones (excluding diaryl/α,β-unsaturated/α-hetero) is 1. The van der Waals surface area contributed by atoms with Crippen LogP contribution in [0.1, 0.15) is 70.6 Å². The summed E-state index contributed by atoms with van der Waals surface area (Å²) in [6, 6.07) is 0. The van der Waals surface area contributed by atoms with Gasteiger partial charge in [0.2, 0.25) is 0 Å². The topological polar surface area (TPSA) is 80.7 Å². The molecule has 1 heterocycles. The predicted octanol–water partition coefficient (Wildman–Crippen LogP) is 3.10. The second-order valence-electron chi connectivity index (χ2n) is 5.70. The molecule has 1 saturated heterocycles. The van der Waals surface area contributed by atoms with Crippen LogP contribution in [0.2, 0.25) is 0 Å². The molecule has 1 N–H and O–H groups in total. The van der Waals surface area contributed by atoms with Gasteiger partial charge in [0.05, 0.1) is 6.61 Å². The Bertz CT molecular complexity index is 351. The van der Waals surface area contributed by atoms with Crippen LogP contribution in [0.3, 0.4) is 0 Å². The molecular formula is C16H26O5. The second kappa shape index (κ2) is 10.4. The third kappa shape index (κ3) is 7.83. The zero-order valence-electron chi connectivity index (χ0n) is 12.6. The number of cyclic esters (lactones) is 1. The van der Waals surface area contributed by atoms with Crippen molar-refractivity contribution < 1.29 is 24.2 Å². The highest BCUT2D eigenvalue weighted by Crippen LogP contribution is 2.19. The summed E-state index contributed by atoms with van der Waals surface area (Å²) in [5.41, 5.74) is 0. The Balaban J connectivity index is 1.87. The summed E-state index contributed by atoms with van der Waals surface area (Å²) in [5, 5.41) is 8.50. The fourth-order valence-electron chi connectivity index (χ4n) is 2.60. The minimum Gasteiger partial charge on any atom is -0.481 e. The van der Waals surface area contributed by atoms with E-state index in [1.807, 2.05) is 0 Å². The molecule has 0 aliphatic carbocycles. The minimum atomic E-state index is -0.717. The Morgan fingerprint density at radius 2 is 1.48 bits per heavy atom. The van der Waals surface area contributed by atoms with Gasteiger partial charge in [0.15, 0.2) is 0 Å². The maximum absolute atomic E-state index is 11.8. The van der Waals surface area contributed by atoms with Crippen LogP contribution in [0, 0.1) is 5.92 Å². The Labute approximate surface area is 126 Å². The van der Waals surface area contributed by atoms with Crippen LogP contribution in [0.15, 0.2) is 0 Å². The maximum Gasteiger partial charge on any atom is 0.316 e. The Hall–Kier alpha value is -1.39. The van der Waals surface area contributed by atoms with E-state index in [4.69, 9.17) is 9.84 Å². The average molecular weight is 298 g/mol. The molecule has 0 saturated carbocycles. The number of carboxylic acids is 1. The molecule has 1 aliphatic rings. The lowest BCUT2D eigenvalue weighted by Gasteiger charge is -2.05. The van der Waals surface area contributed by atoms with Crippen molar-refractivity contribution in [2.45, 2.75) is 70.6 Å². The molecule has 0 aromatic carbocycles. The number of carbonyl (C=O) groups excluding carboxylic acids is 2. The first-order valence-corrected chi connectivity index (χ1v) is 8.02. The Kier molecular flexibility index (Phi) is 8.71. The van der Waals surface area contributed by atoms with Crippen LogP contribution >= 0.6 is 0 Å². The quantitative estimate of drug-likeness (QED) is 0.340. The fraction of sp³-hybridized carbons (Fsp3) is 0.812. The number of ether oxygens (including phenoxy) is 1. The summed E-state index contributed by atoms with van der Waals surface area (Å²) in [6.45, 7) is 0.386. The van der Waals surface area contributed by atoms with E-state index in [1.165, 1.54) is 0 Å². The number of aliphatic carboxylic acids is 1. The SMILES string of the molecule is O=C(O)CCCCCCCCCCC(=O)C1CCOC1=O.